The average molecular weight is 301 g/mol. The molecule has 0 atom stereocenters. The van der Waals surface area contributed by atoms with Crippen LogP contribution < -0.4 is 10.2 Å². The molecule has 0 radical (unpaired) electrons. The number of carbonyl (C=O) groups excluding carboxylic acids is 1. The van der Waals surface area contributed by atoms with E-state index >= 15 is 0 Å². The molecule has 0 aliphatic heterocycles. The predicted octanol–water partition coefficient (Wildman–Crippen LogP) is 4.06. The number of halogens is 1. The molecular formula is C17H17ClN2O. The Balaban J connectivity index is 1.98. The number of nitrogens with one attached hydrogen (secondary N) is 1. The maximum atomic E-state index is 11.8. The summed E-state index contributed by atoms with van der Waals surface area (Å²) in [6.45, 7) is 0. The van der Waals surface area contributed by atoms with Crippen molar-refractivity contribution in [2.45, 2.75) is 0 Å². The van der Waals surface area contributed by atoms with Crippen molar-refractivity contribution in [2.24, 2.45) is 0 Å². The molecule has 0 bridgehead atoms. The number of amides is 1. The van der Waals surface area contributed by atoms with Gasteiger partial charge in [0.2, 0.25) is 5.91 Å². The van der Waals surface area contributed by atoms with E-state index in [4.69, 9.17) is 11.6 Å². The van der Waals surface area contributed by atoms with Gasteiger partial charge in [0.05, 0.1) is 0 Å². The highest BCUT2D eigenvalue weighted by molar-refractivity contribution is 6.30. The number of carbonyl (C=O) groups is 1. The minimum absolute atomic E-state index is 0.186. The van der Waals surface area contributed by atoms with E-state index in [-0.39, 0.29) is 5.91 Å². The second-order valence-electron chi connectivity index (χ2n) is 4.82. The highest BCUT2D eigenvalue weighted by Gasteiger charge is 1.99. The molecule has 0 unspecified atom stereocenters. The third kappa shape index (κ3) is 4.65. The number of anilines is 2. The van der Waals surface area contributed by atoms with Crippen LogP contribution >= 0.6 is 11.6 Å². The summed E-state index contributed by atoms with van der Waals surface area (Å²) in [5, 5.41) is 3.36. The molecule has 4 heteroatoms. The number of nitrogens with zero attached hydrogens (tertiary/aromatic N) is 1. The van der Waals surface area contributed by atoms with E-state index in [1.54, 1.807) is 30.3 Å². The van der Waals surface area contributed by atoms with Crippen LogP contribution in [0.4, 0.5) is 11.4 Å². The smallest absolute Gasteiger partial charge is 0.248 e. The van der Waals surface area contributed by atoms with Crippen molar-refractivity contribution in [2.75, 3.05) is 24.3 Å². The van der Waals surface area contributed by atoms with Gasteiger partial charge < -0.3 is 10.2 Å². The van der Waals surface area contributed by atoms with Crippen LogP contribution in [0.1, 0.15) is 5.56 Å². The lowest BCUT2D eigenvalue weighted by molar-refractivity contribution is -0.111. The highest BCUT2D eigenvalue weighted by Crippen LogP contribution is 2.15. The van der Waals surface area contributed by atoms with E-state index in [0.29, 0.717) is 10.7 Å². The van der Waals surface area contributed by atoms with Crippen LogP contribution in [0.25, 0.3) is 6.08 Å². The zero-order valence-corrected chi connectivity index (χ0v) is 12.8. The van der Waals surface area contributed by atoms with E-state index in [0.717, 1.165) is 11.3 Å². The van der Waals surface area contributed by atoms with E-state index in [9.17, 15) is 4.79 Å². The zero-order chi connectivity index (χ0) is 15.2. The minimum Gasteiger partial charge on any atom is -0.378 e. The first-order valence-corrected chi connectivity index (χ1v) is 6.94. The fraction of sp³-hybridized carbons (Fsp3) is 0.118. The first-order valence-electron chi connectivity index (χ1n) is 6.56. The molecule has 0 spiro atoms. The molecule has 0 aliphatic carbocycles. The molecule has 2 aromatic carbocycles. The molecule has 1 amide bonds. The Kier molecular flexibility index (Phi) is 5.01. The second-order valence-corrected chi connectivity index (χ2v) is 5.26. The fourth-order valence-electron chi connectivity index (χ4n) is 1.81. The van der Waals surface area contributed by atoms with Crippen LogP contribution in [0.15, 0.2) is 54.6 Å². The number of hydrogen-bond donors (Lipinski definition) is 1. The van der Waals surface area contributed by atoms with Crippen molar-refractivity contribution in [1.82, 2.24) is 0 Å². The van der Waals surface area contributed by atoms with Gasteiger partial charge in [-0.15, -0.1) is 0 Å². The Labute approximate surface area is 129 Å². The van der Waals surface area contributed by atoms with Gasteiger partial charge in [0, 0.05) is 36.6 Å². The number of hydrogen-bond acceptors (Lipinski definition) is 2. The van der Waals surface area contributed by atoms with Crippen LogP contribution in [-0.4, -0.2) is 20.0 Å². The van der Waals surface area contributed by atoms with Gasteiger partial charge in [-0.3, -0.25) is 4.79 Å². The van der Waals surface area contributed by atoms with Gasteiger partial charge in [-0.1, -0.05) is 29.8 Å². The van der Waals surface area contributed by atoms with Crippen LogP contribution in [0.3, 0.4) is 0 Å². The van der Waals surface area contributed by atoms with E-state index < -0.39 is 0 Å². The normalized spacial score (nSPS) is 10.6. The zero-order valence-electron chi connectivity index (χ0n) is 12.0. The molecule has 0 aliphatic rings. The minimum atomic E-state index is -0.186. The highest BCUT2D eigenvalue weighted by atomic mass is 35.5. The quantitative estimate of drug-likeness (QED) is 0.864. The Morgan fingerprint density at radius 2 is 1.86 bits per heavy atom. The summed E-state index contributed by atoms with van der Waals surface area (Å²) >= 11 is 5.87. The van der Waals surface area contributed by atoms with Crippen molar-refractivity contribution >= 4 is 35.0 Å². The molecule has 0 saturated heterocycles. The van der Waals surface area contributed by atoms with Crippen LogP contribution in [0.5, 0.6) is 0 Å². The predicted molar refractivity (Wildman–Crippen MR) is 89.9 cm³/mol. The summed E-state index contributed by atoms with van der Waals surface area (Å²) in [4.78, 5) is 13.9. The van der Waals surface area contributed by atoms with Gasteiger partial charge in [-0.25, -0.2) is 0 Å². The van der Waals surface area contributed by atoms with Gasteiger partial charge in [0.25, 0.3) is 0 Å². The van der Waals surface area contributed by atoms with E-state index in [2.05, 4.69) is 5.32 Å². The van der Waals surface area contributed by atoms with Crippen molar-refractivity contribution in [3.8, 4) is 0 Å². The number of benzene rings is 2. The van der Waals surface area contributed by atoms with Crippen molar-refractivity contribution in [3.05, 3.63) is 65.2 Å². The van der Waals surface area contributed by atoms with Crippen molar-refractivity contribution in [3.63, 3.8) is 0 Å². The van der Waals surface area contributed by atoms with E-state index in [1.807, 2.05) is 43.3 Å². The standard InChI is InChI=1S/C17H17ClN2O/c1-20(2)16-9-6-13(7-10-16)8-11-17(21)19-15-5-3-4-14(18)12-15/h3-12H,1-2H3,(H,19,21)/b11-8+. The monoisotopic (exact) mass is 300 g/mol. The number of rotatable bonds is 4. The Bertz CT molecular complexity index is 648. The maximum Gasteiger partial charge on any atom is 0.248 e. The molecular weight excluding hydrogens is 284 g/mol. The molecule has 2 aromatic rings. The lowest BCUT2D eigenvalue weighted by Crippen LogP contribution is -2.08. The third-order valence-corrected chi connectivity index (χ3v) is 3.16. The Hall–Kier alpha value is -2.26. The Morgan fingerprint density at radius 1 is 1.14 bits per heavy atom. The molecule has 0 saturated carbocycles. The molecule has 0 aromatic heterocycles. The SMILES string of the molecule is CN(C)c1ccc(/C=C/C(=O)Nc2cccc(Cl)c2)cc1. The summed E-state index contributed by atoms with van der Waals surface area (Å²) < 4.78 is 0. The van der Waals surface area contributed by atoms with Crippen molar-refractivity contribution in [1.29, 1.82) is 0 Å². The fourth-order valence-corrected chi connectivity index (χ4v) is 2.00. The first kappa shape index (κ1) is 15.1. The summed E-state index contributed by atoms with van der Waals surface area (Å²) in [5.41, 5.74) is 2.78. The molecule has 3 nitrogen and oxygen atoms in total. The molecule has 21 heavy (non-hydrogen) atoms. The third-order valence-electron chi connectivity index (χ3n) is 2.93. The summed E-state index contributed by atoms with van der Waals surface area (Å²) in [7, 11) is 3.98. The summed E-state index contributed by atoms with van der Waals surface area (Å²) in [6.07, 6.45) is 3.28. The lowest BCUT2D eigenvalue weighted by Gasteiger charge is -2.11. The lowest BCUT2D eigenvalue weighted by atomic mass is 10.2. The van der Waals surface area contributed by atoms with Gasteiger partial charge in [-0.05, 0) is 42.0 Å². The van der Waals surface area contributed by atoms with Gasteiger partial charge in [-0.2, -0.15) is 0 Å². The second kappa shape index (κ2) is 6.95. The topological polar surface area (TPSA) is 32.3 Å². The van der Waals surface area contributed by atoms with Crippen LogP contribution in [0, 0.1) is 0 Å². The molecule has 0 heterocycles. The Morgan fingerprint density at radius 3 is 2.48 bits per heavy atom. The van der Waals surface area contributed by atoms with Crippen molar-refractivity contribution < 1.29 is 4.79 Å². The first-order chi connectivity index (χ1) is 10.0. The van der Waals surface area contributed by atoms with Crippen LogP contribution in [0.2, 0.25) is 5.02 Å². The largest absolute Gasteiger partial charge is 0.378 e. The summed E-state index contributed by atoms with van der Waals surface area (Å²) in [6, 6.07) is 15.0. The van der Waals surface area contributed by atoms with Gasteiger partial charge >= 0.3 is 0 Å². The van der Waals surface area contributed by atoms with Gasteiger partial charge in [0.1, 0.15) is 0 Å². The molecule has 0 fully saturated rings. The molecule has 2 rings (SSSR count). The molecule has 1 N–H and O–H groups in total. The average Bonchev–Trinajstić information content (AvgIpc) is 2.45. The van der Waals surface area contributed by atoms with Crippen LogP contribution in [-0.2, 0) is 4.79 Å². The van der Waals surface area contributed by atoms with E-state index in [1.165, 1.54) is 6.08 Å². The van der Waals surface area contributed by atoms with Gasteiger partial charge in [0.15, 0.2) is 0 Å². The summed E-state index contributed by atoms with van der Waals surface area (Å²) in [5.74, 6) is -0.186. The molecule has 108 valence electrons. The maximum absolute atomic E-state index is 11.8.